The molecule has 0 saturated heterocycles. The first kappa shape index (κ1) is 36.8. The molecular formula is C36H41BrN4O8. The summed E-state index contributed by atoms with van der Waals surface area (Å²) in [5.74, 6) is 1.35. The van der Waals surface area contributed by atoms with Gasteiger partial charge in [-0.25, -0.2) is 9.59 Å². The van der Waals surface area contributed by atoms with E-state index in [0.29, 0.717) is 60.5 Å². The van der Waals surface area contributed by atoms with Crippen LogP contribution in [0.2, 0.25) is 0 Å². The van der Waals surface area contributed by atoms with Crippen LogP contribution in [0.5, 0.6) is 23.0 Å². The quantitative estimate of drug-likeness (QED) is 0.0452. The Bertz CT molecular complexity index is 1690. The molecule has 260 valence electrons. The fourth-order valence-electron chi connectivity index (χ4n) is 5.05. The van der Waals surface area contributed by atoms with Crippen molar-refractivity contribution in [2.45, 2.75) is 46.1 Å². The molecule has 0 aliphatic carbocycles. The number of carbonyl (C=O) groups excluding carboxylic acids is 2. The summed E-state index contributed by atoms with van der Waals surface area (Å²) in [5, 5.41) is 20.2. The molecule has 0 bridgehead atoms. The third-order valence-corrected chi connectivity index (χ3v) is 7.75. The monoisotopic (exact) mass is 736 g/mol. The number of hydrogen-bond acceptors (Lipinski definition) is 10. The van der Waals surface area contributed by atoms with Crippen LogP contribution in [0.25, 0.3) is 0 Å². The van der Waals surface area contributed by atoms with Gasteiger partial charge in [-0.2, -0.15) is 5.10 Å². The maximum atomic E-state index is 12.5. The van der Waals surface area contributed by atoms with E-state index < -0.39 is 24.3 Å². The number of ether oxygens (including phenoxy) is 5. The summed E-state index contributed by atoms with van der Waals surface area (Å²) >= 11 is 3.45. The van der Waals surface area contributed by atoms with Crippen molar-refractivity contribution in [3.63, 3.8) is 0 Å². The van der Waals surface area contributed by atoms with E-state index in [2.05, 4.69) is 43.7 Å². The van der Waals surface area contributed by atoms with E-state index in [9.17, 15) is 14.7 Å². The number of rotatable bonds is 17. The molecule has 49 heavy (non-hydrogen) atoms. The third kappa shape index (κ3) is 10.00. The van der Waals surface area contributed by atoms with E-state index in [1.165, 1.54) is 7.11 Å². The molecule has 0 fully saturated rings. The molecule has 0 radical (unpaired) electrons. The second-order valence-electron chi connectivity index (χ2n) is 10.8. The van der Waals surface area contributed by atoms with Gasteiger partial charge in [-0.05, 0) is 80.3 Å². The molecule has 3 aromatic carbocycles. The first-order chi connectivity index (χ1) is 23.7. The molecule has 1 heterocycles. The Morgan fingerprint density at radius 3 is 2.47 bits per heavy atom. The normalized spacial score (nSPS) is 14.8. The van der Waals surface area contributed by atoms with Crippen molar-refractivity contribution in [3.05, 3.63) is 105 Å². The lowest BCUT2D eigenvalue weighted by atomic mass is 9.95. The van der Waals surface area contributed by atoms with Crippen molar-refractivity contribution in [2.24, 2.45) is 5.10 Å². The van der Waals surface area contributed by atoms with E-state index in [0.717, 1.165) is 21.2 Å². The average molecular weight is 738 g/mol. The Kier molecular flexibility index (Phi) is 13.5. The van der Waals surface area contributed by atoms with Crippen molar-refractivity contribution in [1.82, 2.24) is 16.1 Å². The number of aliphatic hydroxyl groups excluding tert-OH is 1. The Hall–Kier alpha value is -5.01. The van der Waals surface area contributed by atoms with Crippen LogP contribution in [0.15, 0.2) is 88.1 Å². The minimum absolute atomic E-state index is 0.165. The Labute approximate surface area is 294 Å². The maximum Gasteiger partial charge on any atom is 0.337 e. The first-order valence-electron chi connectivity index (χ1n) is 15.7. The molecule has 3 aromatic rings. The van der Waals surface area contributed by atoms with Gasteiger partial charge < -0.3 is 39.4 Å². The summed E-state index contributed by atoms with van der Waals surface area (Å²) in [4.78, 5) is 24.7. The van der Waals surface area contributed by atoms with Gasteiger partial charge in [0.2, 0.25) is 0 Å². The van der Waals surface area contributed by atoms with E-state index in [4.69, 9.17) is 23.7 Å². The lowest BCUT2D eigenvalue weighted by Crippen LogP contribution is -2.45. The average Bonchev–Trinajstić information content (AvgIpc) is 3.08. The standard InChI is InChI=1S/C36H41BrN4O8/c1-6-9-26-16-24(17-30(47-8-3)34(26)49-20-23-10-13-27(37)14-11-23)19-38-41-31(42)21-48-28-15-12-25(18-29(28)46-7-2)33-32(35(43)45-5)22(4)39-36(44)40-33/h6,10-19,31,33,41-42H,1,7-9,20-21H2,2-5H3,(H2,39,40,44)/b38-19-/t31-,33+/m0/s1. The molecular weight excluding hydrogens is 696 g/mol. The van der Waals surface area contributed by atoms with Crippen molar-refractivity contribution in [2.75, 3.05) is 26.9 Å². The number of halogens is 1. The number of hydrazone groups is 1. The summed E-state index contributed by atoms with van der Waals surface area (Å²) < 4.78 is 29.7. The van der Waals surface area contributed by atoms with Crippen molar-refractivity contribution in [1.29, 1.82) is 0 Å². The number of urea groups is 1. The van der Waals surface area contributed by atoms with Crippen LogP contribution < -0.4 is 35.0 Å². The zero-order chi connectivity index (χ0) is 35.3. The summed E-state index contributed by atoms with van der Waals surface area (Å²) in [6, 6.07) is 15.5. The van der Waals surface area contributed by atoms with Crippen molar-refractivity contribution < 1.29 is 38.4 Å². The Morgan fingerprint density at radius 2 is 1.78 bits per heavy atom. The second-order valence-corrected chi connectivity index (χ2v) is 11.7. The molecule has 13 heteroatoms. The highest BCUT2D eigenvalue weighted by Gasteiger charge is 2.32. The Morgan fingerprint density at radius 1 is 1.04 bits per heavy atom. The molecule has 1 aliphatic heterocycles. The number of hydrogen-bond donors (Lipinski definition) is 4. The molecule has 0 aromatic heterocycles. The summed E-state index contributed by atoms with van der Waals surface area (Å²) in [5.41, 5.74) is 6.53. The number of esters is 1. The van der Waals surface area contributed by atoms with E-state index in [1.54, 1.807) is 37.4 Å². The largest absolute Gasteiger partial charge is 0.490 e. The zero-order valence-corrected chi connectivity index (χ0v) is 29.5. The number of allylic oxidation sites excluding steroid dienone is 2. The maximum absolute atomic E-state index is 12.5. The van der Waals surface area contributed by atoms with E-state index in [-0.39, 0.29) is 12.2 Å². The third-order valence-electron chi connectivity index (χ3n) is 7.22. The molecule has 4 rings (SSSR count). The lowest BCUT2D eigenvalue weighted by Gasteiger charge is -2.28. The molecule has 0 saturated carbocycles. The van der Waals surface area contributed by atoms with Gasteiger partial charge >= 0.3 is 12.0 Å². The van der Waals surface area contributed by atoms with Crippen LogP contribution >= 0.6 is 15.9 Å². The number of nitrogens with zero attached hydrogens (tertiary/aromatic N) is 1. The van der Waals surface area contributed by atoms with Crippen LogP contribution in [0.4, 0.5) is 4.79 Å². The van der Waals surface area contributed by atoms with Gasteiger partial charge in [0.25, 0.3) is 0 Å². The highest BCUT2D eigenvalue weighted by Crippen LogP contribution is 2.36. The van der Waals surface area contributed by atoms with Crippen LogP contribution in [0.1, 0.15) is 49.1 Å². The van der Waals surface area contributed by atoms with E-state index in [1.807, 2.05) is 50.2 Å². The highest BCUT2D eigenvalue weighted by molar-refractivity contribution is 9.10. The van der Waals surface area contributed by atoms with Crippen LogP contribution in [0, 0.1) is 0 Å². The molecule has 0 spiro atoms. The fraction of sp³-hybridized carbons (Fsp3) is 0.306. The summed E-state index contributed by atoms with van der Waals surface area (Å²) in [6.07, 6.45) is 2.74. The molecule has 12 nitrogen and oxygen atoms in total. The predicted octanol–water partition coefficient (Wildman–Crippen LogP) is 5.68. The number of benzene rings is 3. The zero-order valence-electron chi connectivity index (χ0n) is 27.9. The van der Waals surface area contributed by atoms with Gasteiger partial charge in [0, 0.05) is 15.7 Å². The second kappa shape index (κ2) is 17.9. The number of carbonyl (C=O) groups is 2. The van der Waals surface area contributed by atoms with Crippen LogP contribution in [-0.4, -0.2) is 56.5 Å². The first-order valence-corrected chi connectivity index (χ1v) is 16.5. The van der Waals surface area contributed by atoms with Crippen molar-refractivity contribution >= 4 is 34.1 Å². The van der Waals surface area contributed by atoms with Gasteiger partial charge in [-0.1, -0.05) is 40.2 Å². The number of nitrogens with one attached hydrogen (secondary N) is 3. The molecule has 4 N–H and O–H groups in total. The lowest BCUT2D eigenvalue weighted by molar-refractivity contribution is -0.136. The SMILES string of the molecule is C=CCc1cc(/C=N\N[C@@H](O)COc2ccc([C@H]3NC(=O)NC(C)=C3C(=O)OC)cc2OCC)cc(OCC)c1OCc1ccc(Br)cc1. The topological polar surface area (TPSA) is 149 Å². The minimum Gasteiger partial charge on any atom is -0.490 e. The fourth-order valence-corrected chi connectivity index (χ4v) is 5.31. The number of aliphatic hydroxyl groups is 1. The number of methoxy groups -OCH3 is 1. The molecule has 2 atom stereocenters. The van der Waals surface area contributed by atoms with Gasteiger partial charge in [0.1, 0.15) is 13.2 Å². The van der Waals surface area contributed by atoms with Crippen LogP contribution in [0.3, 0.4) is 0 Å². The Balaban J connectivity index is 1.44. The summed E-state index contributed by atoms with van der Waals surface area (Å²) in [6.45, 7) is 10.2. The van der Waals surface area contributed by atoms with Gasteiger partial charge in [-0.3, -0.25) is 5.43 Å². The molecule has 2 amide bonds. The van der Waals surface area contributed by atoms with E-state index >= 15 is 0 Å². The minimum atomic E-state index is -1.17. The van der Waals surface area contributed by atoms with Crippen LogP contribution in [-0.2, 0) is 22.6 Å². The van der Waals surface area contributed by atoms with Gasteiger partial charge in [0.05, 0.1) is 38.2 Å². The molecule has 1 aliphatic rings. The predicted molar refractivity (Wildman–Crippen MR) is 189 cm³/mol. The van der Waals surface area contributed by atoms with Gasteiger partial charge in [0.15, 0.2) is 29.2 Å². The summed E-state index contributed by atoms with van der Waals surface area (Å²) in [7, 11) is 1.28. The molecule has 0 unspecified atom stereocenters. The van der Waals surface area contributed by atoms with Gasteiger partial charge in [-0.15, -0.1) is 6.58 Å². The van der Waals surface area contributed by atoms with Crippen molar-refractivity contribution in [3.8, 4) is 23.0 Å². The smallest absolute Gasteiger partial charge is 0.337 e. The number of amides is 2. The highest BCUT2D eigenvalue weighted by atomic mass is 79.9.